The van der Waals surface area contributed by atoms with Gasteiger partial charge in [0, 0.05) is 24.9 Å². The van der Waals surface area contributed by atoms with Crippen LogP contribution in [0.15, 0.2) is 52.3 Å². The zero-order valence-electron chi connectivity index (χ0n) is 14.5. The van der Waals surface area contributed by atoms with Gasteiger partial charge in [0.1, 0.15) is 0 Å². The lowest BCUT2D eigenvalue weighted by Gasteiger charge is -2.23. The number of hydrogen-bond donors (Lipinski definition) is 0. The number of benzene rings is 2. The van der Waals surface area contributed by atoms with Crippen LogP contribution in [0.1, 0.15) is 18.9 Å². The summed E-state index contributed by atoms with van der Waals surface area (Å²) in [5.41, 5.74) is 2.50. The Balaban J connectivity index is 1.78. The van der Waals surface area contributed by atoms with E-state index in [0.29, 0.717) is 18.8 Å². The molecule has 0 spiro atoms. The second-order valence-corrected chi connectivity index (χ2v) is 9.46. The number of carbonyl (C=O) groups excluding carboxylic acids is 1. The summed E-state index contributed by atoms with van der Waals surface area (Å²) in [6.07, 6.45) is 1.61. The molecule has 2 heterocycles. The molecule has 0 aromatic heterocycles. The van der Waals surface area contributed by atoms with Crippen LogP contribution in [0.2, 0.25) is 0 Å². The van der Waals surface area contributed by atoms with E-state index in [1.165, 1.54) is 11.2 Å². The van der Waals surface area contributed by atoms with Crippen molar-refractivity contribution in [3.05, 3.63) is 48.0 Å². The summed E-state index contributed by atoms with van der Waals surface area (Å²) in [4.78, 5) is 14.9. The minimum absolute atomic E-state index is 0.0604. The molecule has 5 nitrogen and oxygen atoms in total. The molecule has 0 saturated carbocycles. The van der Waals surface area contributed by atoms with E-state index < -0.39 is 10.0 Å². The van der Waals surface area contributed by atoms with E-state index in [2.05, 4.69) is 0 Å². The van der Waals surface area contributed by atoms with Crippen LogP contribution in [0, 0.1) is 0 Å². The van der Waals surface area contributed by atoms with Crippen molar-refractivity contribution in [2.75, 3.05) is 28.0 Å². The third kappa shape index (κ3) is 2.89. The van der Waals surface area contributed by atoms with E-state index in [-0.39, 0.29) is 10.8 Å². The van der Waals surface area contributed by atoms with Crippen LogP contribution in [-0.2, 0) is 21.2 Å². The minimum Gasteiger partial charge on any atom is -0.311 e. The van der Waals surface area contributed by atoms with Crippen molar-refractivity contribution in [3.8, 4) is 0 Å². The van der Waals surface area contributed by atoms with Crippen molar-refractivity contribution in [2.24, 2.45) is 0 Å². The molecule has 1 amide bonds. The average Bonchev–Trinajstić information content (AvgIpc) is 2.95. The maximum Gasteiger partial charge on any atom is 0.264 e. The number of hydrogen-bond acceptors (Lipinski definition) is 4. The number of sulfonamides is 1. The van der Waals surface area contributed by atoms with Crippen molar-refractivity contribution in [3.63, 3.8) is 0 Å². The van der Waals surface area contributed by atoms with E-state index in [4.69, 9.17) is 0 Å². The van der Waals surface area contributed by atoms with Crippen molar-refractivity contribution in [1.82, 2.24) is 0 Å². The van der Waals surface area contributed by atoms with E-state index in [0.717, 1.165) is 34.7 Å². The summed E-state index contributed by atoms with van der Waals surface area (Å²) >= 11 is 1.67. The highest BCUT2D eigenvalue weighted by molar-refractivity contribution is 7.99. The Bertz CT molecular complexity index is 972. The third-order valence-corrected chi connectivity index (χ3v) is 7.78. The van der Waals surface area contributed by atoms with E-state index in [1.807, 2.05) is 30.3 Å². The van der Waals surface area contributed by atoms with Gasteiger partial charge in [-0.1, -0.05) is 18.2 Å². The van der Waals surface area contributed by atoms with Crippen LogP contribution < -0.4 is 9.21 Å². The number of fused-ring (bicyclic) bond motifs is 2. The first-order valence-corrected chi connectivity index (χ1v) is 11.1. The highest BCUT2D eigenvalue weighted by Crippen LogP contribution is 2.38. The molecule has 26 heavy (non-hydrogen) atoms. The molecule has 7 heteroatoms. The van der Waals surface area contributed by atoms with Crippen molar-refractivity contribution >= 4 is 39.1 Å². The molecule has 2 aliphatic heterocycles. The van der Waals surface area contributed by atoms with Gasteiger partial charge in [-0.05, 0) is 48.4 Å². The standard InChI is InChI=1S/C19H20N2O3S2/c1-14(22)20-10-4-12-25-19-8-7-16(13-18(19)20)26(23,24)21-11-9-15-5-2-3-6-17(15)21/h2-3,5-8,13H,4,9-12H2,1H3. The Morgan fingerprint density at radius 1 is 1.08 bits per heavy atom. The van der Waals surface area contributed by atoms with Crippen molar-refractivity contribution < 1.29 is 13.2 Å². The summed E-state index contributed by atoms with van der Waals surface area (Å²) in [6, 6.07) is 12.8. The number of thioether (sulfide) groups is 1. The molecule has 136 valence electrons. The average molecular weight is 389 g/mol. The van der Waals surface area contributed by atoms with Crippen LogP contribution >= 0.6 is 11.8 Å². The zero-order valence-corrected chi connectivity index (χ0v) is 16.1. The van der Waals surface area contributed by atoms with Gasteiger partial charge in [-0.25, -0.2) is 8.42 Å². The Kier molecular flexibility index (Phi) is 4.44. The number of anilines is 2. The topological polar surface area (TPSA) is 57.7 Å². The van der Waals surface area contributed by atoms with Crippen LogP contribution in [0.4, 0.5) is 11.4 Å². The second kappa shape index (κ2) is 6.63. The lowest BCUT2D eigenvalue weighted by molar-refractivity contribution is -0.116. The predicted octanol–water partition coefficient (Wildman–Crippen LogP) is 3.29. The Labute approximate surface area is 158 Å². The monoisotopic (exact) mass is 388 g/mol. The molecular formula is C19H20N2O3S2. The minimum atomic E-state index is -3.66. The Morgan fingerprint density at radius 3 is 2.69 bits per heavy atom. The van der Waals surface area contributed by atoms with Crippen LogP contribution in [0.25, 0.3) is 0 Å². The first-order chi connectivity index (χ1) is 12.5. The number of carbonyl (C=O) groups is 1. The van der Waals surface area contributed by atoms with E-state index >= 15 is 0 Å². The number of nitrogens with zero attached hydrogens (tertiary/aromatic N) is 2. The normalized spacial score (nSPS) is 16.8. The fourth-order valence-corrected chi connectivity index (χ4v) is 6.03. The van der Waals surface area contributed by atoms with Gasteiger partial charge in [-0.15, -0.1) is 11.8 Å². The maximum absolute atomic E-state index is 13.3. The van der Waals surface area contributed by atoms with Crippen molar-refractivity contribution in [2.45, 2.75) is 29.6 Å². The molecule has 2 aromatic carbocycles. The largest absolute Gasteiger partial charge is 0.311 e. The van der Waals surface area contributed by atoms with Gasteiger partial charge < -0.3 is 4.90 Å². The molecule has 0 N–H and O–H groups in total. The highest BCUT2D eigenvalue weighted by atomic mass is 32.2. The Morgan fingerprint density at radius 2 is 1.88 bits per heavy atom. The third-order valence-electron chi connectivity index (χ3n) is 4.82. The van der Waals surface area contributed by atoms with Gasteiger partial charge in [-0.2, -0.15) is 0 Å². The van der Waals surface area contributed by atoms with Crippen molar-refractivity contribution in [1.29, 1.82) is 0 Å². The molecule has 0 saturated heterocycles. The molecular weight excluding hydrogens is 368 g/mol. The molecule has 0 unspecified atom stereocenters. The molecule has 0 fully saturated rings. The molecule has 0 atom stereocenters. The summed E-state index contributed by atoms with van der Waals surface area (Å²) in [5.74, 6) is 0.859. The van der Waals surface area contributed by atoms with Crippen LogP contribution in [-0.4, -0.2) is 33.2 Å². The SMILES string of the molecule is CC(=O)N1CCCSc2ccc(S(=O)(=O)N3CCc4ccccc43)cc21. The molecule has 2 aromatic rings. The first-order valence-electron chi connectivity index (χ1n) is 8.64. The lowest BCUT2D eigenvalue weighted by Crippen LogP contribution is -2.31. The Hall–Kier alpha value is -1.99. The molecule has 0 aliphatic carbocycles. The zero-order chi connectivity index (χ0) is 18.3. The first kappa shape index (κ1) is 17.4. The van der Waals surface area contributed by atoms with Gasteiger partial charge in [0.05, 0.1) is 16.3 Å². The predicted molar refractivity (Wildman–Crippen MR) is 104 cm³/mol. The summed E-state index contributed by atoms with van der Waals surface area (Å²) in [5, 5.41) is 0. The molecule has 4 rings (SSSR count). The van der Waals surface area contributed by atoms with Gasteiger partial charge >= 0.3 is 0 Å². The van der Waals surface area contributed by atoms with E-state index in [9.17, 15) is 13.2 Å². The molecule has 0 radical (unpaired) electrons. The maximum atomic E-state index is 13.3. The van der Waals surface area contributed by atoms with Gasteiger partial charge in [-0.3, -0.25) is 9.10 Å². The quantitative estimate of drug-likeness (QED) is 0.792. The number of rotatable bonds is 2. The van der Waals surface area contributed by atoms with E-state index in [1.54, 1.807) is 28.8 Å². The molecule has 2 aliphatic rings. The summed E-state index contributed by atoms with van der Waals surface area (Å²) in [6.45, 7) is 2.59. The second-order valence-electron chi connectivity index (χ2n) is 6.46. The van der Waals surface area contributed by atoms with Crippen LogP contribution in [0.5, 0.6) is 0 Å². The number of para-hydroxylation sites is 1. The lowest BCUT2D eigenvalue weighted by atomic mass is 10.2. The summed E-state index contributed by atoms with van der Waals surface area (Å²) < 4.78 is 28.0. The van der Waals surface area contributed by atoms with Gasteiger partial charge in [0.15, 0.2) is 0 Å². The fraction of sp³-hybridized carbons (Fsp3) is 0.316. The van der Waals surface area contributed by atoms with Gasteiger partial charge in [0.25, 0.3) is 10.0 Å². The highest BCUT2D eigenvalue weighted by Gasteiger charge is 2.32. The van der Waals surface area contributed by atoms with Crippen LogP contribution in [0.3, 0.4) is 0 Å². The fourth-order valence-electron chi connectivity index (χ4n) is 3.53. The smallest absolute Gasteiger partial charge is 0.264 e. The van der Waals surface area contributed by atoms with Gasteiger partial charge in [0.2, 0.25) is 5.91 Å². The molecule has 0 bridgehead atoms. The summed E-state index contributed by atoms with van der Waals surface area (Å²) in [7, 11) is -3.66. The number of amides is 1.